The number of carbonyl (C=O) groups is 5. The van der Waals surface area contributed by atoms with Crippen molar-refractivity contribution in [3.05, 3.63) is 119 Å². The molecule has 2 aliphatic rings. The second kappa shape index (κ2) is 23.6. The number of piperidine rings is 2. The molecule has 0 unspecified atom stereocenters. The Morgan fingerprint density at radius 1 is 0.707 bits per heavy atom. The van der Waals surface area contributed by atoms with Crippen LogP contribution in [-0.4, -0.2) is 92.9 Å². The van der Waals surface area contributed by atoms with Crippen molar-refractivity contribution in [2.75, 3.05) is 57.2 Å². The summed E-state index contributed by atoms with van der Waals surface area (Å²) in [6, 6.07) is 18.6. The number of nitrogens with zero attached hydrogens (tertiary/aromatic N) is 5. The molecule has 16 heteroatoms. The second-order valence-corrected chi connectivity index (χ2v) is 13.5. The Kier molecular flexibility index (Phi) is 19.0. The normalized spacial score (nSPS) is 14.2. The van der Waals surface area contributed by atoms with Gasteiger partial charge in [-0.05, 0) is 120 Å². The zero-order valence-electron chi connectivity index (χ0n) is 32.8. The van der Waals surface area contributed by atoms with Crippen molar-refractivity contribution in [1.82, 2.24) is 20.2 Å². The first kappa shape index (κ1) is 46.7. The molecule has 0 atom stereocenters. The van der Waals surface area contributed by atoms with Crippen molar-refractivity contribution < 1.29 is 42.2 Å². The van der Waals surface area contributed by atoms with Crippen LogP contribution in [0.3, 0.4) is 0 Å². The zero-order valence-corrected chi connectivity index (χ0v) is 33.6. The van der Waals surface area contributed by atoms with Crippen LogP contribution in [0.15, 0.2) is 85.2 Å². The highest BCUT2D eigenvalue weighted by atomic mass is 35.5. The largest absolute Gasteiger partial charge is 0.465 e. The summed E-state index contributed by atoms with van der Waals surface area (Å²) >= 11 is 0. The van der Waals surface area contributed by atoms with Gasteiger partial charge in [0, 0.05) is 35.6 Å². The fourth-order valence-electron chi connectivity index (χ4n) is 6.48. The van der Waals surface area contributed by atoms with E-state index in [2.05, 4.69) is 29.7 Å². The molecule has 0 radical (unpaired) electrons. The summed E-state index contributed by atoms with van der Waals surface area (Å²) in [5.41, 5.74) is 2.89. The third-order valence-corrected chi connectivity index (χ3v) is 9.66. The number of hydrogen-bond donors (Lipinski definition) is 1. The fraction of sp³-hybridized carbons (Fsp3) is 0.357. The molecule has 0 spiro atoms. The lowest BCUT2D eigenvalue weighted by atomic mass is 9.95. The highest BCUT2D eigenvalue weighted by molar-refractivity contribution is 5.96. The van der Waals surface area contributed by atoms with E-state index in [0.29, 0.717) is 33.9 Å². The monoisotopic (exact) mass is 822 g/mol. The molecule has 310 valence electrons. The van der Waals surface area contributed by atoms with Crippen LogP contribution in [0, 0.1) is 23.5 Å². The van der Waals surface area contributed by atoms with Gasteiger partial charge in [0.05, 0.1) is 49.8 Å². The number of ether oxygens (including phenoxy) is 2. The van der Waals surface area contributed by atoms with E-state index < -0.39 is 23.6 Å². The number of hydrogen-bond acceptors (Lipinski definition) is 11. The zero-order chi connectivity index (χ0) is 41.3. The van der Waals surface area contributed by atoms with Crippen LogP contribution >= 0.6 is 12.4 Å². The van der Waals surface area contributed by atoms with Crippen LogP contribution in [0.1, 0.15) is 57.8 Å². The van der Waals surface area contributed by atoms with Gasteiger partial charge >= 0.3 is 11.9 Å². The van der Waals surface area contributed by atoms with Gasteiger partial charge in [-0.15, -0.1) is 12.4 Å². The predicted octanol–water partition coefficient (Wildman–Crippen LogP) is 5.66. The number of benzene rings is 2. The third kappa shape index (κ3) is 13.2. The number of nitrogens with one attached hydrogen (secondary N) is 1. The summed E-state index contributed by atoms with van der Waals surface area (Å²) in [6.45, 7) is 5.71. The van der Waals surface area contributed by atoms with Gasteiger partial charge in [-0.1, -0.05) is 12.1 Å². The molecule has 4 aromatic rings. The van der Waals surface area contributed by atoms with E-state index in [-0.39, 0.29) is 49.1 Å². The lowest BCUT2D eigenvalue weighted by Gasteiger charge is -2.32. The van der Waals surface area contributed by atoms with Crippen LogP contribution in [0.25, 0.3) is 0 Å². The van der Waals surface area contributed by atoms with Gasteiger partial charge in [0.1, 0.15) is 18.4 Å². The fourth-order valence-corrected chi connectivity index (χ4v) is 6.48. The minimum Gasteiger partial charge on any atom is -0.465 e. The molecule has 58 heavy (non-hydrogen) atoms. The Morgan fingerprint density at radius 2 is 1.12 bits per heavy atom. The summed E-state index contributed by atoms with van der Waals surface area (Å²) in [6.07, 6.45) is 5.88. The standard InChI is InChI=1S/C21H24FN3O3.C20H22FN3O3.CH2O.ClH/c1-24-10-8-15(9-11-24)20(26)25(19-5-3-4-17(22)12-19)14-18-7-6-16(13-23-18)21(27)28-2;1-27-20(26)15-5-6-17(23-12-15)13-24(18-4-2-3-16(21)11-18)19(25)14-7-9-22-10-8-14;1-2;/h3-7,12-13,15H,8-11,14H2,1-2H3;2-6,11-12,14,22H,7-10,13H2,1H3;1H2;1H. The molecular weight excluding hydrogens is 774 g/mol. The molecular formula is C42H49ClF2N6O7. The molecule has 0 bridgehead atoms. The van der Waals surface area contributed by atoms with Gasteiger partial charge in [-0.2, -0.15) is 0 Å². The first-order chi connectivity index (χ1) is 27.6. The van der Waals surface area contributed by atoms with Crippen molar-refractivity contribution in [3.8, 4) is 0 Å². The summed E-state index contributed by atoms with van der Waals surface area (Å²) in [7, 11) is 4.65. The van der Waals surface area contributed by atoms with E-state index in [1.165, 1.54) is 50.9 Å². The maximum absolute atomic E-state index is 13.8. The van der Waals surface area contributed by atoms with E-state index in [4.69, 9.17) is 4.79 Å². The second-order valence-electron chi connectivity index (χ2n) is 13.5. The number of aromatic nitrogens is 2. The van der Waals surface area contributed by atoms with E-state index in [0.717, 1.165) is 51.9 Å². The summed E-state index contributed by atoms with van der Waals surface area (Å²) in [5, 5.41) is 3.24. The molecule has 2 aromatic heterocycles. The minimum absolute atomic E-state index is 0. The molecule has 2 fully saturated rings. The van der Waals surface area contributed by atoms with E-state index in [9.17, 15) is 28.0 Å². The lowest BCUT2D eigenvalue weighted by Crippen LogP contribution is -2.41. The van der Waals surface area contributed by atoms with Gasteiger partial charge in [0.25, 0.3) is 0 Å². The third-order valence-electron chi connectivity index (χ3n) is 9.66. The number of rotatable bonds is 10. The predicted molar refractivity (Wildman–Crippen MR) is 217 cm³/mol. The van der Waals surface area contributed by atoms with E-state index in [1.54, 1.807) is 58.3 Å². The number of likely N-dealkylation sites (tertiary alicyclic amines) is 1. The van der Waals surface area contributed by atoms with Crippen molar-refractivity contribution in [3.63, 3.8) is 0 Å². The number of amides is 2. The summed E-state index contributed by atoms with van der Waals surface area (Å²) in [5.74, 6) is -2.02. The first-order valence-corrected chi connectivity index (χ1v) is 18.4. The van der Waals surface area contributed by atoms with E-state index in [1.807, 2.05) is 13.8 Å². The number of esters is 2. The molecule has 0 saturated carbocycles. The quantitative estimate of drug-likeness (QED) is 0.198. The van der Waals surface area contributed by atoms with Gasteiger partial charge in [0.15, 0.2) is 0 Å². The van der Waals surface area contributed by atoms with Crippen molar-refractivity contribution in [2.45, 2.75) is 38.8 Å². The van der Waals surface area contributed by atoms with Crippen LogP contribution in [0.4, 0.5) is 20.2 Å². The molecule has 13 nitrogen and oxygen atoms in total. The maximum Gasteiger partial charge on any atom is 0.339 e. The molecule has 0 aliphatic carbocycles. The number of pyridine rings is 2. The Hall–Kier alpha value is -5.64. The minimum atomic E-state index is -0.471. The molecule has 1 N–H and O–H groups in total. The van der Waals surface area contributed by atoms with Gasteiger partial charge in [-0.3, -0.25) is 19.6 Å². The Morgan fingerprint density at radius 3 is 1.48 bits per heavy atom. The summed E-state index contributed by atoms with van der Waals surface area (Å²) in [4.78, 5) is 71.3. The number of halogens is 3. The van der Waals surface area contributed by atoms with Crippen LogP contribution in [0.5, 0.6) is 0 Å². The molecule has 2 amide bonds. The molecule has 2 aliphatic heterocycles. The lowest BCUT2D eigenvalue weighted by molar-refractivity contribution is -0.124. The number of carbonyl (C=O) groups excluding carboxylic acids is 5. The van der Waals surface area contributed by atoms with Crippen LogP contribution in [-0.2, 0) is 36.9 Å². The molecule has 2 saturated heterocycles. The molecule has 2 aromatic carbocycles. The Labute approximate surface area is 343 Å². The number of methoxy groups -OCH3 is 2. The highest BCUT2D eigenvalue weighted by Crippen LogP contribution is 2.26. The smallest absolute Gasteiger partial charge is 0.339 e. The van der Waals surface area contributed by atoms with Crippen molar-refractivity contribution in [2.24, 2.45) is 11.8 Å². The van der Waals surface area contributed by atoms with Crippen LogP contribution in [0.2, 0.25) is 0 Å². The van der Waals surface area contributed by atoms with Crippen LogP contribution < -0.4 is 15.1 Å². The molecule has 6 rings (SSSR count). The van der Waals surface area contributed by atoms with Crippen molar-refractivity contribution in [1.29, 1.82) is 0 Å². The van der Waals surface area contributed by atoms with Gasteiger partial charge < -0.3 is 34.3 Å². The SMILES string of the molecule is C=O.COC(=O)c1ccc(CN(C(=O)C2CCN(C)CC2)c2cccc(F)c2)nc1.COC(=O)c1ccc(CN(C(=O)C2CCNCC2)c2cccc(F)c2)nc1.Cl. The van der Waals surface area contributed by atoms with Gasteiger partial charge in [-0.25, -0.2) is 18.4 Å². The van der Waals surface area contributed by atoms with E-state index >= 15 is 0 Å². The Balaban J connectivity index is 0.000000293. The topological polar surface area (TPSA) is 151 Å². The Bertz CT molecular complexity index is 1940. The first-order valence-electron chi connectivity index (χ1n) is 18.4. The number of anilines is 2. The summed E-state index contributed by atoms with van der Waals surface area (Å²) < 4.78 is 36.9. The molecule has 4 heterocycles. The highest BCUT2D eigenvalue weighted by Gasteiger charge is 2.30. The van der Waals surface area contributed by atoms with Crippen molar-refractivity contribution >= 4 is 54.3 Å². The average Bonchev–Trinajstić information content (AvgIpc) is 3.25. The maximum atomic E-state index is 13.8. The average molecular weight is 823 g/mol. The van der Waals surface area contributed by atoms with Gasteiger partial charge in [0.2, 0.25) is 11.8 Å².